The van der Waals surface area contributed by atoms with Crippen LogP contribution in [-0.2, 0) is 17.9 Å². The highest BCUT2D eigenvalue weighted by Gasteiger charge is 2.22. The molecule has 1 aliphatic heterocycles. The average molecular weight is 311 g/mol. The maximum absolute atomic E-state index is 12.1. The monoisotopic (exact) mass is 311 g/mol. The molecule has 3 rings (SSSR count). The number of hydrogen-bond donors (Lipinski definition) is 0. The molecule has 1 fully saturated rings. The predicted molar refractivity (Wildman–Crippen MR) is 87.7 cm³/mol. The van der Waals surface area contributed by atoms with Gasteiger partial charge in [-0.2, -0.15) is 0 Å². The van der Waals surface area contributed by atoms with Crippen LogP contribution in [0.25, 0.3) is 0 Å². The minimum Gasteiger partial charge on any atom is -0.445 e. The fourth-order valence-corrected chi connectivity index (χ4v) is 2.65. The van der Waals surface area contributed by atoms with Crippen LogP contribution in [0.3, 0.4) is 0 Å². The summed E-state index contributed by atoms with van der Waals surface area (Å²) in [5.41, 5.74) is 2.26. The SMILES string of the molecule is O=C(OCc1ccccc1)N1CCN(Cc2ccncc2)CC1. The minimum absolute atomic E-state index is 0.225. The molecule has 1 amide bonds. The number of nitrogens with zero attached hydrogens (tertiary/aromatic N) is 3. The lowest BCUT2D eigenvalue weighted by Gasteiger charge is -2.34. The highest BCUT2D eigenvalue weighted by Crippen LogP contribution is 2.10. The van der Waals surface area contributed by atoms with Crippen molar-refractivity contribution in [3.8, 4) is 0 Å². The van der Waals surface area contributed by atoms with Gasteiger partial charge in [0.05, 0.1) is 0 Å². The summed E-state index contributed by atoms with van der Waals surface area (Å²) in [5.74, 6) is 0. The summed E-state index contributed by atoms with van der Waals surface area (Å²) in [5, 5.41) is 0. The Morgan fingerprint density at radius 1 is 0.957 bits per heavy atom. The fourth-order valence-electron chi connectivity index (χ4n) is 2.65. The maximum atomic E-state index is 12.1. The molecule has 0 saturated carbocycles. The van der Waals surface area contributed by atoms with E-state index < -0.39 is 0 Å². The second-order valence-electron chi connectivity index (χ2n) is 5.66. The zero-order chi connectivity index (χ0) is 15.9. The summed E-state index contributed by atoms with van der Waals surface area (Å²) in [6.45, 7) is 4.37. The molecule has 1 aliphatic rings. The van der Waals surface area contributed by atoms with Crippen molar-refractivity contribution < 1.29 is 9.53 Å². The predicted octanol–water partition coefficient (Wildman–Crippen LogP) is 2.54. The van der Waals surface area contributed by atoms with Crippen LogP contribution in [0.1, 0.15) is 11.1 Å². The van der Waals surface area contributed by atoms with Gasteiger partial charge in [-0.25, -0.2) is 4.79 Å². The summed E-state index contributed by atoms with van der Waals surface area (Å²) in [4.78, 5) is 20.3. The van der Waals surface area contributed by atoms with E-state index in [1.807, 2.05) is 54.9 Å². The van der Waals surface area contributed by atoms with Gasteiger partial charge >= 0.3 is 6.09 Å². The van der Waals surface area contributed by atoms with Crippen molar-refractivity contribution in [2.24, 2.45) is 0 Å². The number of piperazine rings is 1. The van der Waals surface area contributed by atoms with E-state index in [4.69, 9.17) is 4.74 Å². The lowest BCUT2D eigenvalue weighted by atomic mass is 10.2. The molecule has 0 radical (unpaired) electrons. The quantitative estimate of drug-likeness (QED) is 0.870. The second-order valence-corrected chi connectivity index (χ2v) is 5.66. The molecule has 120 valence electrons. The molecule has 2 heterocycles. The molecule has 1 aromatic heterocycles. The number of hydrogen-bond acceptors (Lipinski definition) is 4. The van der Waals surface area contributed by atoms with Crippen LogP contribution < -0.4 is 0 Å². The molecule has 2 aromatic rings. The Labute approximate surface area is 136 Å². The Hall–Kier alpha value is -2.40. The topological polar surface area (TPSA) is 45.7 Å². The molecule has 0 spiro atoms. The van der Waals surface area contributed by atoms with Crippen LogP contribution in [0.15, 0.2) is 54.9 Å². The molecule has 0 bridgehead atoms. The Kier molecular flexibility index (Phi) is 5.21. The number of rotatable bonds is 4. The molecular weight excluding hydrogens is 290 g/mol. The van der Waals surface area contributed by atoms with Crippen molar-refractivity contribution in [2.45, 2.75) is 13.2 Å². The summed E-state index contributed by atoms with van der Waals surface area (Å²) in [6.07, 6.45) is 3.40. The minimum atomic E-state index is -0.225. The number of amides is 1. The average Bonchev–Trinajstić information content (AvgIpc) is 2.62. The number of benzene rings is 1. The molecule has 0 aliphatic carbocycles. The molecule has 5 heteroatoms. The van der Waals surface area contributed by atoms with Gasteiger partial charge in [-0.15, -0.1) is 0 Å². The first kappa shape index (κ1) is 15.5. The van der Waals surface area contributed by atoms with Crippen molar-refractivity contribution >= 4 is 6.09 Å². The normalized spacial score (nSPS) is 15.4. The Morgan fingerprint density at radius 3 is 2.35 bits per heavy atom. The van der Waals surface area contributed by atoms with E-state index in [1.54, 1.807) is 4.90 Å². The third-order valence-electron chi connectivity index (χ3n) is 3.99. The van der Waals surface area contributed by atoms with Crippen molar-refractivity contribution in [1.82, 2.24) is 14.8 Å². The van der Waals surface area contributed by atoms with Gasteiger partial charge in [-0.3, -0.25) is 9.88 Å². The van der Waals surface area contributed by atoms with Gasteiger partial charge in [0.1, 0.15) is 6.61 Å². The number of carbonyl (C=O) groups is 1. The molecule has 1 aromatic carbocycles. The second kappa shape index (κ2) is 7.74. The molecule has 5 nitrogen and oxygen atoms in total. The van der Waals surface area contributed by atoms with Crippen LogP contribution in [-0.4, -0.2) is 47.1 Å². The molecule has 1 saturated heterocycles. The lowest BCUT2D eigenvalue weighted by Crippen LogP contribution is -2.48. The number of ether oxygens (including phenoxy) is 1. The van der Waals surface area contributed by atoms with Crippen LogP contribution in [0.2, 0.25) is 0 Å². The zero-order valence-electron chi connectivity index (χ0n) is 13.1. The third kappa shape index (κ3) is 4.53. The standard InChI is InChI=1S/C18H21N3O2/c22-18(23-15-17-4-2-1-3-5-17)21-12-10-20(11-13-21)14-16-6-8-19-9-7-16/h1-9H,10-15H2. The summed E-state index contributed by atoms with van der Waals surface area (Å²) in [7, 11) is 0. The van der Waals surface area contributed by atoms with E-state index >= 15 is 0 Å². The van der Waals surface area contributed by atoms with Crippen molar-refractivity contribution in [2.75, 3.05) is 26.2 Å². The van der Waals surface area contributed by atoms with Gasteiger partial charge in [0.2, 0.25) is 0 Å². The highest BCUT2D eigenvalue weighted by atomic mass is 16.6. The maximum Gasteiger partial charge on any atom is 0.410 e. The van der Waals surface area contributed by atoms with E-state index in [-0.39, 0.29) is 6.09 Å². The van der Waals surface area contributed by atoms with Crippen molar-refractivity contribution in [3.05, 3.63) is 66.0 Å². The van der Waals surface area contributed by atoms with Crippen LogP contribution >= 0.6 is 0 Å². The van der Waals surface area contributed by atoms with Gasteiger partial charge in [0, 0.05) is 45.1 Å². The molecule has 0 N–H and O–H groups in total. The molecule has 0 atom stereocenters. The molecule has 23 heavy (non-hydrogen) atoms. The largest absolute Gasteiger partial charge is 0.445 e. The van der Waals surface area contributed by atoms with Crippen LogP contribution in [0, 0.1) is 0 Å². The van der Waals surface area contributed by atoms with E-state index in [9.17, 15) is 4.79 Å². The van der Waals surface area contributed by atoms with Gasteiger partial charge in [0.15, 0.2) is 0 Å². The van der Waals surface area contributed by atoms with Gasteiger partial charge in [-0.1, -0.05) is 30.3 Å². The van der Waals surface area contributed by atoms with Crippen LogP contribution in [0.4, 0.5) is 4.79 Å². The van der Waals surface area contributed by atoms with Crippen LogP contribution in [0.5, 0.6) is 0 Å². The van der Waals surface area contributed by atoms with Gasteiger partial charge < -0.3 is 9.64 Å². The van der Waals surface area contributed by atoms with Gasteiger partial charge in [0.25, 0.3) is 0 Å². The Balaban J connectivity index is 1.42. The smallest absolute Gasteiger partial charge is 0.410 e. The van der Waals surface area contributed by atoms with Crippen molar-refractivity contribution in [3.63, 3.8) is 0 Å². The number of pyridine rings is 1. The zero-order valence-corrected chi connectivity index (χ0v) is 13.1. The lowest BCUT2D eigenvalue weighted by molar-refractivity contribution is 0.0700. The number of aromatic nitrogens is 1. The van der Waals surface area contributed by atoms with E-state index in [1.165, 1.54) is 5.56 Å². The molecule has 0 unspecified atom stereocenters. The first-order chi connectivity index (χ1) is 11.3. The summed E-state index contributed by atoms with van der Waals surface area (Å²) < 4.78 is 5.38. The van der Waals surface area contributed by atoms with Gasteiger partial charge in [-0.05, 0) is 23.3 Å². The first-order valence-corrected chi connectivity index (χ1v) is 7.88. The fraction of sp³-hybridized carbons (Fsp3) is 0.333. The Morgan fingerprint density at radius 2 is 1.65 bits per heavy atom. The van der Waals surface area contributed by atoms with E-state index in [2.05, 4.69) is 9.88 Å². The number of carbonyl (C=O) groups excluding carboxylic acids is 1. The Bertz CT molecular complexity index is 611. The van der Waals surface area contributed by atoms with E-state index in [0.29, 0.717) is 19.7 Å². The summed E-state index contributed by atoms with van der Waals surface area (Å²) >= 11 is 0. The van der Waals surface area contributed by atoms with Crippen molar-refractivity contribution in [1.29, 1.82) is 0 Å². The first-order valence-electron chi connectivity index (χ1n) is 7.88. The molecular formula is C18H21N3O2. The summed E-state index contributed by atoms with van der Waals surface area (Å²) in [6, 6.07) is 13.8. The third-order valence-corrected chi connectivity index (χ3v) is 3.99. The highest BCUT2D eigenvalue weighted by molar-refractivity contribution is 5.67. The van der Waals surface area contributed by atoms with E-state index in [0.717, 1.165) is 25.2 Å².